The zero-order valence-corrected chi connectivity index (χ0v) is 8.93. The van der Waals surface area contributed by atoms with Crippen molar-refractivity contribution in [2.45, 2.75) is 6.42 Å². The molecule has 86 valence electrons. The second-order valence-corrected chi connectivity index (χ2v) is 3.60. The Kier molecular flexibility index (Phi) is 3.14. The Morgan fingerprint density at radius 3 is 2.71 bits per heavy atom. The number of carboxylic acids is 1. The van der Waals surface area contributed by atoms with Crippen LogP contribution in [0.1, 0.15) is 5.56 Å². The molecule has 1 N–H and O–H groups in total. The van der Waals surface area contributed by atoms with Crippen LogP contribution in [0.5, 0.6) is 0 Å². The van der Waals surface area contributed by atoms with Gasteiger partial charge in [-0.05, 0) is 29.8 Å². The van der Waals surface area contributed by atoms with Crippen LogP contribution < -0.4 is 0 Å². The third-order valence-electron chi connectivity index (χ3n) is 2.33. The number of carbonyl (C=O) groups is 1. The molecule has 4 heteroatoms. The molecule has 0 aliphatic carbocycles. The lowest BCUT2D eigenvalue weighted by molar-refractivity contribution is -0.136. The van der Waals surface area contributed by atoms with Gasteiger partial charge in [0.15, 0.2) is 0 Å². The molecule has 0 radical (unpaired) electrons. The number of aliphatic carboxylic acids is 1. The lowest BCUT2D eigenvalue weighted by Gasteiger charge is -2.04. The fourth-order valence-electron chi connectivity index (χ4n) is 1.57. The first kappa shape index (κ1) is 11.3. The summed E-state index contributed by atoms with van der Waals surface area (Å²) in [6.07, 6.45) is 1.40. The highest BCUT2D eigenvalue weighted by Crippen LogP contribution is 2.21. The van der Waals surface area contributed by atoms with Gasteiger partial charge in [0.2, 0.25) is 0 Å². The molecule has 0 atom stereocenters. The summed E-state index contributed by atoms with van der Waals surface area (Å²) in [6, 6.07) is 9.61. The van der Waals surface area contributed by atoms with E-state index >= 15 is 0 Å². The molecule has 0 aliphatic rings. The number of benzene rings is 1. The first-order valence-electron chi connectivity index (χ1n) is 5.08. The molecule has 1 heterocycles. The molecule has 3 nitrogen and oxygen atoms in total. The monoisotopic (exact) mass is 231 g/mol. The van der Waals surface area contributed by atoms with E-state index in [0.717, 1.165) is 0 Å². The van der Waals surface area contributed by atoms with E-state index in [9.17, 15) is 9.18 Å². The van der Waals surface area contributed by atoms with E-state index in [4.69, 9.17) is 5.11 Å². The van der Waals surface area contributed by atoms with Gasteiger partial charge in [-0.2, -0.15) is 0 Å². The van der Waals surface area contributed by atoms with E-state index in [1.54, 1.807) is 36.5 Å². The van der Waals surface area contributed by atoms with Gasteiger partial charge in [0.25, 0.3) is 0 Å². The molecule has 2 rings (SSSR count). The van der Waals surface area contributed by atoms with Crippen LogP contribution in [-0.4, -0.2) is 16.1 Å². The first-order chi connectivity index (χ1) is 8.16. The van der Waals surface area contributed by atoms with Crippen molar-refractivity contribution in [3.05, 3.63) is 54.0 Å². The Hall–Kier alpha value is -2.23. The van der Waals surface area contributed by atoms with Gasteiger partial charge < -0.3 is 5.11 Å². The van der Waals surface area contributed by atoms with Crippen molar-refractivity contribution in [2.24, 2.45) is 0 Å². The number of nitrogens with zero attached hydrogens (tertiary/aromatic N) is 1. The van der Waals surface area contributed by atoms with Crippen molar-refractivity contribution in [1.29, 1.82) is 0 Å². The van der Waals surface area contributed by atoms with Gasteiger partial charge in [0.1, 0.15) is 5.82 Å². The Balaban J connectivity index is 2.35. The molecular weight excluding hydrogens is 221 g/mol. The molecule has 1 aromatic heterocycles. The molecule has 1 aromatic carbocycles. The molecule has 0 unspecified atom stereocenters. The van der Waals surface area contributed by atoms with Gasteiger partial charge in [-0.1, -0.05) is 12.1 Å². The maximum Gasteiger partial charge on any atom is 0.307 e. The number of halogens is 1. The minimum atomic E-state index is -0.977. The quantitative estimate of drug-likeness (QED) is 0.883. The van der Waals surface area contributed by atoms with Gasteiger partial charge in [-0.25, -0.2) is 4.39 Å². The summed E-state index contributed by atoms with van der Waals surface area (Å²) < 4.78 is 13.8. The highest BCUT2D eigenvalue weighted by Gasteiger charge is 2.08. The van der Waals surface area contributed by atoms with Crippen molar-refractivity contribution >= 4 is 5.97 Å². The predicted octanol–water partition coefficient (Wildman–Crippen LogP) is 2.51. The maximum atomic E-state index is 13.8. The predicted molar refractivity (Wildman–Crippen MR) is 61.0 cm³/mol. The van der Waals surface area contributed by atoms with Crippen molar-refractivity contribution < 1.29 is 14.3 Å². The lowest BCUT2D eigenvalue weighted by Crippen LogP contribution is -2.00. The van der Waals surface area contributed by atoms with Crippen LogP contribution in [0.2, 0.25) is 0 Å². The smallest absolute Gasteiger partial charge is 0.307 e. The third-order valence-corrected chi connectivity index (χ3v) is 2.33. The maximum absolute atomic E-state index is 13.8. The average Bonchev–Trinajstić information content (AvgIpc) is 2.29. The van der Waals surface area contributed by atoms with Crippen LogP contribution in [0.4, 0.5) is 4.39 Å². The second-order valence-electron chi connectivity index (χ2n) is 3.60. The van der Waals surface area contributed by atoms with E-state index in [-0.39, 0.29) is 6.42 Å². The third kappa shape index (κ3) is 2.66. The van der Waals surface area contributed by atoms with Crippen LogP contribution >= 0.6 is 0 Å². The van der Waals surface area contributed by atoms with Crippen LogP contribution in [0.3, 0.4) is 0 Å². The molecular formula is C13H10FNO2. The fourth-order valence-corrected chi connectivity index (χ4v) is 1.57. The van der Waals surface area contributed by atoms with Crippen LogP contribution in [0.25, 0.3) is 11.3 Å². The molecule has 0 saturated carbocycles. The molecule has 17 heavy (non-hydrogen) atoms. The number of pyridine rings is 1. The van der Waals surface area contributed by atoms with E-state index in [1.807, 2.05) is 0 Å². The molecule has 0 spiro atoms. The number of rotatable bonds is 3. The molecule has 0 bridgehead atoms. The summed E-state index contributed by atoms with van der Waals surface area (Å²) >= 11 is 0. The topological polar surface area (TPSA) is 50.2 Å². The lowest BCUT2D eigenvalue weighted by atomic mass is 10.1. The van der Waals surface area contributed by atoms with Crippen LogP contribution in [0, 0.1) is 5.82 Å². The molecule has 0 fully saturated rings. The Labute approximate surface area is 97.6 Å². The molecule has 0 saturated heterocycles. The van der Waals surface area contributed by atoms with Gasteiger partial charge in [-0.3, -0.25) is 9.78 Å². The summed E-state index contributed by atoms with van der Waals surface area (Å²) in [5, 5.41) is 8.61. The largest absolute Gasteiger partial charge is 0.481 e. The number of aromatic nitrogens is 1. The minimum Gasteiger partial charge on any atom is -0.481 e. The number of carboxylic acid groups (broad SMARTS) is 1. The van der Waals surface area contributed by atoms with Crippen LogP contribution in [-0.2, 0) is 11.2 Å². The van der Waals surface area contributed by atoms with Crippen molar-refractivity contribution in [3.8, 4) is 11.3 Å². The Morgan fingerprint density at radius 2 is 2.12 bits per heavy atom. The summed E-state index contributed by atoms with van der Waals surface area (Å²) in [4.78, 5) is 14.5. The van der Waals surface area contributed by atoms with E-state index < -0.39 is 11.8 Å². The second kappa shape index (κ2) is 4.74. The van der Waals surface area contributed by atoms with Gasteiger partial charge in [-0.15, -0.1) is 0 Å². The molecule has 2 aromatic rings. The SMILES string of the molecule is O=C(O)Cc1ccc(-c2ccccn2)c(F)c1. The number of hydrogen-bond donors (Lipinski definition) is 1. The van der Waals surface area contributed by atoms with Gasteiger partial charge in [0.05, 0.1) is 12.1 Å². The average molecular weight is 231 g/mol. The Bertz CT molecular complexity index is 540. The minimum absolute atomic E-state index is 0.181. The van der Waals surface area contributed by atoms with Crippen molar-refractivity contribution in [1.82, 2.24) is 4.98 Å². The zero-order chi connectivity index (χ0) is 12.3. The van der Waals surface area contributed by atoms with Gasteiger partial charge in [0, 0.05) is 11.8 Å². The summed E-state index contributed by atoms with van der Waals surface area (Å²) in [5.74, 6) is -1.43. The van der Waals surface area contributed by atoms with E-state index in [0.29, 0.717) is 16.8 Å². The zero-order valence-electron chi connectivity index (χ0n) is 8.93. The van der Waals surface area contributed by atoms with Crippen molar-refractivity contribution in [3.63, 3.8) is 0 Å². The standard InChI is InChI=1S/C13H10FNO2/c14-11-7-9(8-13(16)17)4-5-10(11)12-3-1-2-6-15-12/h1-7H,8H2,(H,16,17). The summed E-state index contributed by atoms with van der Waals surface area (Å²) in [5.41, 5.74) is 1.35. The highest BCUT2D eigenvalue weighted by atomic mass is 19.1. The fraction of sp³-hybridized carbons (Fsp3) is 0.0769. The summed E-state index contributed by atoms with van der Waals surface area (Å²) in [6.45, 7) is 0. The highest BCUT2D eigenvalue weighted by molar-refractivity contribution is 5.71. The van der Waals surface area contributed by atoms with Crippen LogP contribution in [0.15, 0.2) is 42.6 Å². The Morgan fingerprint density at radius 1 is 1.29 bits per heavy atom. The molecule has 0 aliphatic heterocycles. The summed E-state index contributed by atoms with van der Waals surface area (Å²) in [7, 11) is 0. The molecule has 0 amide bonds. The van der Waals surface area contributed by atoms with Crippen molar-refractivity contribution in [2.75, 3.05) is 0 Å². The normalized spacial score (nSPS) is 10.2. The van der Waals surface area contributed by atoms with E-state index in [1.165, 1.54) is 6.07 Å². The first-order valence-corrected chi connectivity index (χ1v) is 5.08. The van der Waals surface area contributed by atoms with Gasteiger partial charge >= 0.3 is 5.97 Å². The number of hydrogen-bond acceptors (Lipinski definition) is 2. The van der Waals surface area contributed by atoms with E-state index in [2.05, 4.69) is 4.98 Å².